The minimum Gasteiger partial charge on any atom is -0.348 e. The lowest BCUT2D eigenvalue weighted by molar-refractivity contribution is -0.186. The van der Waals surface area contributed by atoms with Gasteiger partial charge >= 0.3 is 6.03 Å². The molecule has 2 saturated heterocycles. The second-order valence-corrected chi connectivity index (χ2v) is 8.99. The zero-order chi connectivity index (χ0) is 21.6. The van der Waals surface area contributed by atoms with Crippen LogP contribution in [-0.2, 0) is 23.9 Å². The minimum absolute atomic E-state index is 0.0261. The number of carbonyl (C=O) groups excluding carboxylic acids is 4. The van der Waals surface area contributed by atoms with Gasteiger partial charge in [-0.05, 0) is 26.2 Å². The molecule has 0 aromatic rings. The average molecular weight is 408 g/mol. The highest BCUT2D eigenvalue weighted by atomic mass is 16.7. The maximum atomic E-state index is 13.6. The van der Waals surface area contributed by atoms with Crippen LogP contribution >= 0.6 is 0 Å². The van der Waals surface area contributed by atoms with Gasteiger partial charge in [-0.2, -0.15) is 0 Å². The van der Waals surface area contributed by atoms with E-state index < -0.39 is 47.0 Å². The van der Waals surface area contributed by atoms with Crippen molar-refractivity contribution >= 4 is 23.6 Å². The summed E-state index contributed by atoms with van der Waals surface area (Å²) in [5.74, 6) is -2.96. The Morgan fingerprint density at radius 3 is 2.14 bits per heavy atom. The van der Waals surface area contributed by atoms with Gasteiger partial charge in [0.1, 0.15) is 11.2 Å². The molecule has 1 aliphatic carbocycles. The third kappa shape index (κ3) is 3.50. The van der Waals surface area contributed by atoms with Gasteiger partial charge in [0.05, 0.1) is 12.7 Å². The number of Topliss-reactive ketones (excluding diaryl/α,β-unsaturated/α-hetero) is 1. The van der Waals surface area contributed by atoms with Crippen LogP contribution in [0.15, 0.2) is 0 Å². The van der Waals surface area contributed by atoms with E-state index >= 15 is 0 Å². The Hall–Kier alpha value is -1.80. The van der Waals surface area contributed by atoms with Crippen molar-refractivity contribution in [2.24, 2.45) is 17.3 Å². The number of ketones is 1. The van der Waals surface area contributed by atoms with E-state index in [1.165, 1.54) is 14.1 Å². The van der Waals surface area contributed by atoms with Gasteiger partial charge in [0.2, 0.25) is 11.8 Å². The van der Waals surface area contributed by atoms with Gasteiger partial charge in [0.25, 0.3) is 0 Å². The summed E-state index contributed by atoms with van der Waals surface area (Å²) in [6, 6.07) is -0.641. The van der Waals surface area contributed by atoms with Crippen molar-refractivity contribution in [2.45, 2.75) is 71.2 Å². The number of rotatable bonds is 5. The maximum absolute atomic E-state index is 13.6. The van der Waals surface area contributed by atoms with E-state index in [0.29, 0.717) is 6.42 Å². The Balaban J connectivity index is 2.09. The third-order valence-electron chi connectivity index (χ3n) is 6.68. The number of hydrogen-bond acceptors (Lipinski definition) is 6. The van der Waals surface area contributed by atoms with Crippen LogP contribution in [0.1, 0.15) is 59.3 Å². The van der Waals surface area contributed by atoms with Gasteiger partial charge < -0.3 is 9.47 Å². The van der Waals surface area contributed by atoms with Gasteiger partial charge in [0, 0.05) is 32.9 Å². The van der Waals surface area contributed by atoms with Crippen LogP contribution < -0.4 is 0 Å². The van der Waals surface area contributed by atoms with E-state index in [2.05, 4.69) is 6.92 Å². The lowest BCUT2D eigenvalue weighted by Crippen LogP contribution is -2.70. The topological polar surface area (TPSA) is 93.2 Å². The molecule has 3 fully saturated rings. The summed E-state index contributed by atoms with van der Waals surface area (Å²) in [7, 11) is 2.81. The van der Waals surface area contributed by atoms with Crippen LogP contribution in [0.2, 0.25) is 0 Å². The van der Waals surface area contributed by atoms with Crippen LogP contribution in [-0.4, -0.2) is 66.0 Å². The van der Waals surface area contributed by atoms with Crippen molar-refractivity contribution in [2.75, 3.05) is 20.7 Å². The van der Waals surface area contributed by atoms with Crippen LogP contribution in [0.4, 0.5) is 4.79 Å². The lowest BCUT2D eigenvalue weighted by Gasteiger charge is -2.52. The monoisotopic (exact) mass is 408 g/mol. The van der Waals surface area contributed by atoms with E-state index in [4.69, 9.17) is 9.47 Å². The number of imide groups is 2. The van der Waals surface area contributed by atoms with Gasteiger partial charge in [0.15, 0.2) is 5.79 Å². The van der Waals surface area contributed by atoms with E-state index in [-0.39, 0.29) is 25.2 Å². The molecule has 1 spiro atoms. The van der Waals surface area contributed by atoms with Crippen LogP contribution in [0, 0.1) is 17.3 Å². The quantitative estimate of drug-likeness (QED) is 0.512. The standard InChI is InChI=1S/C21H32N2O6/c1-6-7-8-9-13-10-14(24)11-15(16-12-28-20(2,3)29-16)21(13)17(25)22(4)19(27)23(5)18(21)26/h13,15-16H,6-12H2,1-5H3/t13-,15-,16+/m0/s1. The molecular formula is C21H32N2O6. The van der Waals surface area contributed by atoms with Crippen molar-refractivity contribution < 1.29 is 28.7 Å². The van der Waals surface area contributed by atoms with Crippen molar-refractivity contribution in [1.29, 1.82) is 0 Å². The molecule has 3 rings (SSSR count). The number of ether oxygens (including phenoxy) is 2. The molecule has 0 bridgehead atoms. The molecule has 1 saturated carbocycles. The molecule has 3 aliphatic rings. The first-order valence-electron chi connectivity index (χ1n) is 10.5. The molecule has 0 aromatic heterocycles. The first kappa shape index (κ1) is 21.9. The molecule has 0 unspecified atom stereocenters. The summed E-state index contributed by atoms with van der Waals surface area (Å²) < 4.78 is 11.7. The summed E-state index contributed by atoms with van der Waals surface area (Å²) in [5.41, 5.74) is -1.48. The maximum Gasteiger partial charge on any atom is 0.332 e. The molecule has 2 heterocycles. The number of unbranched alkanes of at least 4 members (excludes halogenated alkanes) is 2. The largest absolute Gasteiger partial charge is 0.348 e. The van der Waals surface area contributed by atoms with Crippen molar-refractivity contribution in [1.82, 2.24) is 9.80 Å². The first-order chi connectivity index (χ1) is 13.6. The number of hydrogen-bond donors (Lipinski definition) is 0. The predicted octanol–water partition coefficient (Wildman–Crippen LogP) is 2.35. The highest BCUT2D eigenvalue weighted by molar-refractivity contribution is 6.20. The SMILES string of the molecule is CCCCC[C@H]1CC(=O)C[C@@H]([C@H]2COC(C)(C)O2)C12C(=O)N(C)C(=O)N(C)C2=O. The Morgan fingerprint density at radius 1 is 1.00 bits per heavy atom. The number of amides is 4. The van der Waals surface area contributed by atoms with Gasteiger partial charge in [-0.3, -0.25) is 24.2 Å². The molecule has 29 heavy (non-hydrogen) atoms. The van der Waals surface area contributed by atoms with Crippen molar-refractivity contribution in [3.8, 4) is 0 Å². The lowest BCUT2D eigenvalue weighted by atomic mass is 9.55. The second-order valence-electron chi connectivity index (χ2n) is 8.99. The molecule has 2 aliphatic heterocycles. The third-order valence-corrected chi connectivity index (χ3v) is 6.68. The number of carbonyl (C=O) groups is 4. The fourth-order valence-electron chi connectivity index (χ4n) is 5.25. The first-order valence-corrected chi connectivity index (χ1v) is 10.5. The summed E-state index contributed by atoms with van der Waals surface area (Å²) in [6.45, 7) is 5.83. The molecule has 8 heteroatoms. The second kappa shape index (κ2) is 7.80. The van der Waals surface area contributed by atoms with Crippen molar-refractivity contribution in [3.63, 3.8) is 0 Å². The summed E-state index contributed by atoms with van der Waals surface area (Å²) in [4.78, 5) is 54.4. The molecule has 0 N–H and O–H groups in total. The Morgan fingerprint density at radius 2 is 1.62 bits per heavy atom. The fraction of sp³-hybridized carbons (Fsp3) is 0.810. The van der Waals surface area contributed by atoms with Gasteiger partial charge in [-0.25, -0.2) is 4.79 Å². The predicted molar refractivity (Wildman–Crippen MR) is 104 cm³/mol. The highest BCUT2D eigenvalue weighted by Crippen LogP contribution is 2.53. The van der Waals surface area contributed by atoms with E-state index in [1.54, 1.807) is 13.8 Å². The Labute approximate surface area is 171 Å². The van der Waals surface area contributed by atoms with Crippen LogP contribution in [0.5, 0.6) is 0 Å². The normalized spacial score (nSPS) is 31.8. The molecule has 3 atom stereocenters. The number of nitrogens with zero attached hydrogens (tertiary/aromatic N) is 2. The van der Waals surface area contributed by atoms with Gasteiger partial charge in [-0.15, -0.1) is 0 Å². The molecule has 0 radical (unpaired) electrons. The van der Waals surface area contributed by atoms with Crippen LogP contribution in [0.25, 0.3) is 0 Å². The van der Waals surface area contributed by atoms with E-state index in [9.17, 15) is 19.2 Å². The Kier molecular flexibility index (Phi) is 5.89. The molecule has 0 aromatic carbocycles. The van der Waals surface area contributed by atoms with E-state index in [1.807, 2.05) is 0 Å². The van der Waals surface area contributed by atoms with Gasteiger partial charge in [-0.1, -0.05) is 26.2 Å². The smallest absolute Gasteiger partial charge is 0.332 e. The summed E-state index contributed by atoms with van der Waals surface area (Å²) in [6.07, 6.45) is 3.02. The average Bonchev–Trinajstić information content (AvgIpc) is 3.03. The zero-order valence-corrected chi connectivity index (χ0v) is 18.0. The summed E-state index contributed by atoms with van der Waals surface area (Å²) >= 11 is 0. The fourth-order valence-corrected chi connectivity index (χ4v) is 5.25. The molecular weight excluding hydrogens is 376 g/mol. The number of urea groups is 1. The molecule has 162 valence electrons. The Bertz CT molecular complexity index is 694. The van der Waals surface area contributed by atoms with Crippen molar-refractivity contribution in [3.05, 3.63) is 0 Å². The highest BCUT2D eigenvalue weighted by Gasteiger charge is 2.67. The molecule has 4 amide bonds. The zero-order valence-electron chi connectivity index (χ0n) is 18.0. The molecule has 8 nitrogen and oxygen atoms in total. The number of barbiturate groups is 1. The minimum atomic E-state index is -1.48. The van der Waals surface area contributed by atoms with E-state index in [0.717, 1.165) is 29.1 Å². The van der Waals surface area contributed by atoms with Crippen LogP contribution in [0.3, 0.4) is 0 Å². The summed E-state index contributed by atoms with van der Waals surface area (Å²) in [5, 5.41) is 0.